The van der Waals surface area contributed by atoms with Crippen LogP contribution < -0.4 is 10.1 Å². The highest BCUT2D eigenvalue weighted by atomic mass is 16.5. The Morgan fingerprint density at radius 1 is 1.42 bits per heavy atom. The summed E-state index contributed by atoms with van der Waals surface area (Å²) >= 11 is 0. The van der Waals surface area contributed by atoms with Gasteiger partial charge in [0.25, 0.3) is 0 Å². The molecule has 0 aliphatic carbocycles. The molecule has 0 heterocycles. The molecule has 1 N–H and O–H groups in total. The van der Waals surface area contributed by atoms with Crippen LogP contribution in [-0.2, 0) is 0 Å². The molecule has 0 aliphatic heterocycles. The number of hydrogen-bond acceptors (Lipinski definition) is 3. The van der Waals surface area contributed by atoms with Crippen LogP contribution in [0.3, 0.4) is 0 Å². The number of aryl methyl sites for hydroxylation is 1. The van der Waals surface area contributed by atoms with Crippen molar-refractivity contribution in [3.05, 3.63) is 29.3 Å². The van der Waals surface area contributed by atoms with E-state index in [1.165, 1.54) is 11.1 Å². The summed E-state index contributed by atoms with van der Waals surface area (Å²) in [5.74, 6) is 0.939. The van der Waals surface area contributed by atoms with Crippen molar-refractivity contribution in [1.29, 1.82) is 5.26 Å². The van der Waals surface area contributed by atoms with E-state index in [1.807, 2.05) is 0 Å². The Kier molecular flexibility index (Phi) is 6.99. The maximum Gasteiger partial charge on any atom is 0.124 e. The van der Waals surface area contributed by atoms with E-state index in [2.05, 4.69) is 50.4 Å². The summed E-state index contributed by atoms with van der Waals surface area (Å²) in [6, 6.07) is 8.74. The molecule has 104 valence electrons. The summed E-state index contributed by atoms with van der Waals surface area (Å²) in [5, 5.41) is 12.0. The number of nitrogens with one attached hydrogen (secondary N) is 1. The fourth-order valence-electron chi connectivity index (χ4n) is 1.93. The highest BCUT2D eigenvalue weighted by Gasteiger charge is 2.11. The molecule has 0 aliphatic rings. The second-order valence-electron chi connectivity index (χ2n) is 4.83. The molecule has 1 unspecified atom stereocenters. The second kappa shape index (κ2) is 8.55. The molecule has 0 aromatic heterocycles. The highest BCUT2D eigenvalue weighted by Crippen LogP contribution is 2.26. The van der Waals surface area contributed by atoms with Gasteiger partial charge in [0.1, 0.15) is 5.75 Å². The molecule has 1 rings (SSSR count). The zero-order valence-electron chi connectivity index (χ0n) is 12.2. The molecular weight excluding hydrogens is 236 g/mol. The molecule has 1 aromatic carbocycles. The van der Waals surface area contributed by atoms with Crippen molar-refractivity contribution in [2.24, 2.45) is 0 Å². The summed E-state index contributed by atoms with van der Waals surface area (Å²) in [4.78, 5) is 0. The maximum absolute atomic E-state index is 8.53. The minimum Gasteiger partial charge on any atom is -0.493 e. The van der Waals surface area contributed by atoms with Gasteiger partial charge in [-0.15, -0.1) is 0 Å². The number of nitrogens with zero attached hydrogens (tertiary/aromatic N) is 1. The van der Waals surface area contributed by atoms with Crippen LogP contribution in [0, 0.1) is 18.3 Å². The van der Waals surface area contributed by atoms with Gasteiger partial charge in [0, 0.05) is 18.0 Å². The Hall–Kier alpha value is -1.53. The largest absolute Gasteiger partial charge is 0.493 e. The van der Waals surface area contributed by atoms with Gasteiger partial charge in [-0.05, 0) is 44.9 Å². The third-order valence-electron chi connectivity index (χ3n) is 3.03. The normalized spacial score (nSPS) is 11.9. The molecule has 1 aromatic rings. The summed E-state index contributed by atoms with van der Waals surface area (Å²) in [6.45, 7) is 7.99. The van der Waals surface area contributed by atoms with Crippen molar-refractivity contribution in [1.82, 2.24) is 5.32 Å². The number of benzene rings is 1. The Balaban J connectivity index is 2.70. The SMILES string of the molecule is CCCNC(C)c1ccc(C)cc1OCCCC#N. The first-order chi connectivity index (χ1) is 9.19. The van der Waals surface area contributed by atoms with E-state index in [9.17, 15) is 0 Å². The molecule has 0 amide bonds. The van der Waals surface area contributed by atoms with Crippen LogP contribution in [0.4, 0.5) is 0 Å². The molecule has 3 nitrogen and oxygen atoms in total. The molecule has 0 fully saturated rings. The van der Waals surface area contributed by atoms with Crippen molar-refractivity contribution >= 4 is 0 Å². The molecule has 0 bridgehead atoms. The average molecular weight is 260 g/mol. The fraction of sp³-hybridized carbons (Fsp3) is 0.562. The Labute approximate surface area is 116 Å². The van der Waals surface area contributed by atoms with Crippen LogP contribution in [0.1, 0.15) is 50.3 Å². The predicted octanol–water partition coefficient (Wildman–Crippen LogP) is 3.74. The lowest BCUT2D eigenvalue weighted by Crippen LogP contribution is -2.20. The van der Waals surface area contributed by atoms with Crippen LogP contribution in [0.5, 0.6) is 5.75 Å². The lowest BCUT2D eigenvalue weighted by Gasteiger charge is -2.18. The van der Waals surface area contributed by atoms with Crippen molar-refractivity contribution < 1.29 is 4.74 Å². The Bertz CT molecular complexity index is 423. The second-order valence-corrected chi connectivity index (χ2v) is 4.83. The van der Waals surface area contributed by atoms with Gasteiger partial charge in [-0.25, -0.2) is 0 Å². The molecule has 0 radical (unpaired) electrons. The summed E-state index contributed by atoms with van der Waals surface area (Å²) in [7, 11) is 0. The standard InChI is InChI=1S/C16H24N2O/c1-4-10-18-14(3)15-8-7-13(2)12-16(15)19-11-6-5-9-17/h7-8,12,14,18H,4-6,10-11H2,1-3H3. The van der Waals surface area contributed by atoms with Gasteiger partial charge in [0.2, 0.25) is 0 Å². The van der Waals surface area contributed by atoms with Gasteiger partial charge < -0.3 is 10.1 Å². The van der Waals surface area contributed by atoms with Crippen LogP contribution in [0.15, 0.2) is 18.2 Å². The monoisotopic (exact) mass is 260 g/mol. The van der Waals surface area contributed by atoms with E-state index in [1.54, 1.807) is 0 Å². The molecule has 0 saturated heterocycles. The number of hydrogen-bond donors (Lipinski definition) is 1. The summed E-state index contributed by atoms with van der Waals surface area (Å²) < 4.78 is 5.83. The van der Waals surface area contributed by atoms with Gasteiger partial charge in [-0.3, -0.25) is 0 Å². The summed E-state index contributed by atoms with van der Waals surface area (Å²) in [5.41, 5.74) is 2.39. The van der Waals surface area contributed by atoms with Gasteiger partial charge in [0.15, 0.2) is 0 Å². The van der Waals surface area contributed by atoms with E-state index in [0.717, 1.165) is 25.1 Å². The maximum atomic E-state index is 8.53. The highest BCUT2D eigenvalue weighted by molar-refractivity contribution is 5.39. The zero-order valence-corrected chi connectivity index (χ0v) is 12.2. The third-order valence-corrected chi connectivity index (χ3v) is 3.03. The molecule has 0 saturated carbocycles. The first-order valence-corrected chi connectivity index (χ1v) is 7.02. The third kappa shape index (κ3) is 5.32. The van der Waals surface area contributed by atoms with Gasteiger partial charge in [-0.1, -0.05) is 19.1 Å². The van der Waals surface area contributed by atoms with Crippen LogP contribution in [0.25, 0.3) is 0 Å². The van der Waals surface area contributed by atoms with E-state index >= 15 is 0 Å². The zero-order chi connectivity index (χ0) is 14.1. The average Bonchev–Trinajstić information content (AvgIpc) is 2.41. The van der Waals surface area contributed by atoms with Gasteiger partial charge in [0.05, 0.1) is 12.7 Å². The van der Waals surface area contributed by atoms with Crippen LogP contribution in [-0.4, -0.2) is 13.2 Å². The number of nitriles is 1. The van der Waals surface area contributed by atoms with Crippen molar-refractivity contribution in [3.63, 3.8) is 0 Å². The molecule has 3 heteroatoms. The first kappa shape index (κ1) is 15.5. The number of rotatable bonds is 8. The van der Waals surface area contributed by atoms with Crippen LogP contribution >= 0.6 is 0 Å². The Morgan fingerprint density at radius 3 is 2.89 bits per heavy atom. The topological polar surface area (TPSA) is 45.0 Å². The fourth-order valence-corrected chi connectivity index (χ4v) is 1.93. The molecule has 19 heavy (non-hydrogen) atoms. The Morgan fingerprint density at radius 2 is 2.21 bits per heavy atom. The van der Waals surface area contributed by atoms with Gasteiger partial charge >= 0.3 is 0 Å². The van der Waals surface area contributed by atoms with Crippen LogP contribution in [0.2, 0.25) is 0 Å². The van der Waals surface area contributed by atoms with Gasteiger partial charge in [-0.2, -0.15) is 5.26 Å². The first-order valence-electron chi connectivity index (χ1n) is 7.02. The molecular formula is C16H24N2O. The molecule has 0 spiro atoms. The van der Waals surface area contributed by atoms with E-state index < -0.39 is 0 Å². The van der Waals surface area contributed by atoms with Crippen molar-refractivity contribution in [2.75, 3.05) is 13.2 Å². The lowest BCUT2D eigenvalue weighted by atomic mass is 10.0. The molecule has 1 atom stereocenters. The van der Waals surface area contributed by atoms with Crippen molar-refractivity contribution in [3.8, 4) is 11.8 Å². The quantitative estimate of drug-likeness (QED) is 0.724. The van der Waals surface area contributed by atoms with E-state index in [-0.39, 0.29) is 6.04 Å². The minimum absolute atomic E-state index is 0.284. The smallest absolute Gasteiger partial charge is 0.124 e. The minimum atomic E-state index is 0.284. The van der Waals surface area contributed by atoms with Crippen molar-refractivity contribution in [2.45, 2.75) is 46.1 Å². The lowest BCUT2D eigenvalue weighted by molar-refractivity contribution is 0.306. The van der Waals surface area contributed by atoms with E-state index in [4.69, 9.17) is 10.00 Å². The number of unbranched alkanes of at least 4 members (excludes halogenated alkanes) is 1. The predicted molar refractivity (Wildman–Crippen MR) is 78.2 cm³/mol. The summed E-state index contributed by atoms with van der Waals surface area (Å²) in [6.07, 6.45) is 2.44. The van der Waals surface area contributed by atoms with E-state index in [0.29, 0.717) is 13.0 Å². The number of ether oxygens (including phenoxy) is 1.